The van der Waals surface area contributed by atoms with Gasteiger partial charge in [0.2, 0.25) is 0 Å². The van der Waals surface area contributed by atoms with Crippen molar-refractivity contribution < 1.29 is 4.39 Å². The Morgan fingerprint density at radius 2 is 1.62 bits per heavy atom. The fourth-order valence-electron chi connectivity index (χ4n) is 5.14. The molecule has 1 aromatic carbocycles. The molecule has 3 aromatic rings. The predicted molar refractivity (Wildman–Crippen MR) is 130 cm³/mol. The van der Waals surface area contributed by atoms with Gasteiger partial charge < -0.3 is 15.6 Å². The molecule has 0 atom stereocenters. The first-order valence-corrected chi connectivity index (χ1v) is 12.2. The number of rotatable bonds is 4. The van der Waals surface area contributed by atoms with Crippen molar-refractivity contribution in [3.05, 3.63) is 42.6 Å². The molecule has 0 unspecified atom stereocenters. The smallest absolute Gasteiger partial charge is 0.143 e. The molecule has 0 bridgehead atoms. The summed E-state index contributed by atoms with van der Waals surface area (Å²) in [6, 6.07) is 7.10. The second-order valence-electron chi connectivity index (χ2n) is 9.27. The van der Waals surface area contributed by atoms with Crippen molar-refractivity contribution >= 4 is 16.9 Å². The fourth-order valence-corrected chi connectivity index (χ4v) is 5.14. The number of aromatic amines is 1. The minimum absolute atomic E-state index is 0.227. The molecule has 0 aliphatic heterocycles. The summed E-state index contributed by atoms with van der Waals surface area (Å²) in [5.41, 5.74) is 8.31. The van der Waals surface area contributed by atoms with Crippen LogP contribution in [0.2, 0.25) is 0 Å². The number of nitrogens with one attached hydrogen (secondary N) is 1. The monoisotopic (exact) mass is 437 g/mol. The highest BCUT2D eigenvalue weighted by Gasteiger charge is 2.23. The molecule has 3 N–H and O–H groups in total. The lowest BCUT2D eigenvalue weighted by atomic mass is 9.90. The maximum absolute atomic E-state index is 13.3. The average molecular weight is 438 g/mol. The molecular weight excluding hydrogens is 401 g/mol. The molecule has 2 fully saturated rings. The standard InChI is InChI=1S/C19H21FN4.C7H15N/c1-24(15-5-3-2-4-6-15)19-17-16(11-21-18(17)22-12-23-19)13-7-9-14(20)10-8-13;8-6-7-4-2-1-3-5-7/h7-12,15H,2-6H2,1H3,(H,21,22,23);7H,1-6,8H2. The number of anilines is 1. The van der Waals surface area contributed by atoms with E-state index in [1.54, 1.807) is 18.5 Å². The Morgan fingerprint density at radius 3 is 2.25 bits per heavy atom. The van der Waals surface area contributed by atoms with Gasteiger partial charge in [-0.2, -0.15) is 0 Å². The van der Waals surface area contributed by atoms with Crippen LogP contribution in [-0.4, -0.2) is 34.6 Å². The van der Waals surface area contributed by atoms with Crippen LogP contribution in [0.3, 0.4) is 0 Å². The first-order valence-electron chi connectivity index (χ1n) is 12.2. The van der Waals surface area contributed by atoms with Crippen molar-refractivity contribution in [2.24, 2.45) is 11.7 Å². The molecule has 2 aliphatic rings. The predicted octanol–water partition coefficient (Wildman–Crippen LogP) is 6.06. The topological polar surface area (TPSA) is 70.8 Å². The molecule has 172 valence electrons. The van der Waals surface area contributed by atoms with Gasteiger partial charge in [-0.3, -0.25) is 0 Å². The second-order valence-corrected chi connectivity index (χ2v) is 9.27. The third-order valence-electron chi connectivity index (χ3n) is 7.12. The van der Waals surface area contributed by atoms with Crippen LogP contribution in [0.5, 0.6) is 0 Å². The summed E-state index contributed by atoms with van der Waals surface area (Å²) >= 11 is 0. The molecule has 2 aromatic heterocycles. The number of aromatic nitrogens is 3. The van der Waals surface area contributed by atoms with Crippen molar-refractivity contribution in [2.45, 2.75) is 70.3 Å². The van der Waals surface area contributed by atoms with E-state index in [0.717, 1.165) is 40.4 Å². The zero-order chi connectivity index (χ0) is 22.3. The number of hydrogen-bond donors (Lipinski definition) is 2. The van der Waals surface area contributed by atoms with Crippen LogP contribution >= 0.6 is 0 Å². The number of hydrogen-bond acceptors (Lipinski definition) is 4. The van der Waals surface area contributed by atoms with Gasteiger partial charge >= 0.3 is 0 Å². The summed E-state index contributed by atoms with van der Waals surface area (Å²) in [6.45, 7) is 0.917. The van der Waals surface area contributed by atoms with Crippen LogP contribution < -0.4 is 10.6 Å². The summed E-state index contributed by atoms with van der Waals surface area (Å²) < 4.78 is 13.3. The van der Waals surface area contributed by atoms with Gasteiger partial charge in [-0.1, -0.05) is 50.7 Å². The summed E-state index contributed by atoms with van der Waals surface area (Å²) in [4.78, 5) is 14.5. The van der Waals surface area contributed by atoms with Crippen LogP contribution in [0.25, 0.3) is 22.2 Å². The zero-order valence-electron chi connectivity index (χ0n) is 19.2. The molecule has 0 spiro atoms. The fraction of sp³-hybridized carbons (Fsp3) is 0.538. The number of benzene rings is 1. The van der Waals surface area contributed by atoms with E-state index in [1.807, 2.05) is 6.20 Å². The van der Waals surface area contributed by atoms with Crippen molar-refractivity contribution in [1.29, 1.82) is 0 Å². The van der Waals surface area contributed by atoms with Crippen LogP contribution in [0, 0.1) is 11.7 Å². The third-order valence-corrected chi connectivity index (χ3v) is 7.12. The molecule has 32 heavy (non-hydrogen) atoms. The third kappa shape index (κ3) is 5.29. The van der Waals surface area contributed by atoms with Gasteiger partial charge in [0, 0.05) is 24.8 Å². The van der Waals surface area contributed by atoms with Gasteiger partial charge in [-0.25, -0.2) is 14.4 Å². The minimum atomic E-state index is -0.227. The van der Waals surface area contributed by atoms with E-state index in [-0.39, 0.29) is 5.82 Å². The average Bonchev–Trinajstić information content (AvgIpc) is 3.30. The van der Waals surface area contributed by atoms with E-state index >= 15 is 0 Å². The number of nitrogens with two attached hydrogens (primary N) is 1. The van der Waals surface area contributed by atoms with Gasteiger partial charge in [-0.15, -0.1) is 0 Å². The molecule has 2 aliphatic carbocycles. The highest BCUT2D eigenvalue weighted by atomic mass is 19.1. The van der Waals surface area contributed by atoms with Crippen LogP contribution in [0.1, 0.15) is 64.2 Å². The summed E-state index contributed by atoms with van der Waals surface area (Å²) in [5, 5.41) is 1.01. The lowest BCUT2D eigenvalue weighted by molar-refractivity contribution is 0.366. The van der Waals surface area contributed by atoms with Crippen molar-refractivity contribution in [3.63, 3.8) is 0 Å². The van der Waals surface area contributed by atoms with Gasteiger partial charge in [0.25, 0.3) is 0 Å². The lowest BCUT2D eigenvalue weighted by Gasteiger charge is -2.32. The van der Waals surface area contributed by atoms with Crippen LogP contribution in [0.15, 0.2) is 36.8 Å². The van der Waals surface area contributed by atoms with E-state index in [2.05, 4.69) is 26.9 Å². The number of H-pyrrole nitrogens is 1. The Labute approximate surface area is 190 Å². The van der Waals surface area contributed by atoms with Gasteiger partial charge in [0.1, 0.15) is 23.6 Å². The highest BCUT2D eigenvalue weighted by molar-refractivity contribution is 6.01. The van der Waals surface area contributed by atoms with E-state index < -0.39 is 0 Å². The first kappa shape index (κ1) is 22.7. The molecule has 5 rings (SSSR count). The van der Waals surface area contributed by atoms with Gasteiger partial charge in [0.05, 0.1) is 5.39 Å². The molecule has 0 saturated heterocycles. The molecule has 5 nitrogen and oxygen atoms in total. The number of fused-ring (bicyclic) bond motifs is 1. The zero-order valence-corrected chi connectivity index (χ0v) is 19.2. The van der Waals surface area contributed by atoms with E-state index in [4.69, 9.17) is 5.73 Å². The summed E-state index contributed by atoms with van der Waals surface area (Å²) in [7, 11) is 2.12. The van der Waals surface area contributed by atoms with E-state index in [1.165, 1.54) is 76.3 Å². The van der Waals surface area contributed by atoms with Crippen molar-refractivity contribution in [1.82, 2.24) is 15.0 Å². The number of halogens is 1. The van der Waals surface area contributed by atoms with Crippen molar-refractivity contribution in [3.8, 4) is 11.1 Å². The summed E-state index contributed by atoms with van der Waals surface area (Å²) in [6.07, 6.45) is 16.9. The van der Waals surface area contributed by atoms with E-state index in [9.17, 15) is 4.39 Å². The minimum Gasteiger partial charge on any atom is -0.356 e. The molecule has 2 heterocycles. The number of nitrogens with zero attached hydrogens (tertiary/aromatic N) is 3. The maximum Gasteiger partial charge on any atom is 0.143 e. The van der Waals surface area contributed by atoms with Crippen LogP contribution in [-0.2, 0) is 0 Å². The highest BCUT2D eigenvalue weighted by Crippen LogP contribution is 2.35. The quantitative estimate of drug-likeness (QED) is 0.520. The molecule has 2 saturated carbocycles. The SMILES string of the molecule is CN(c1ncnc2[nH]cc(-c3ccc(F)cc3)c12)C1CCCCC1.NCC1CCCCC1. The Bertz CT molecular complexity index is 972. The Morgan fingerprint density at radius 1 is 0.969 bits per heavy atom. The molecule has 0 amide bonds. The largest absolute Gasteiger partial charge is 0.356 e. The maximum atomic E-state index is 13.3. The second kappa shape index (κ2) is 10.9. The summed E-state index contributed by atoms with van der Waals surface area (Å²) in [5.74, 6) is 1.59. The molecule has 0 radical (unpaired) electrons. The molecular formula is C26H36FN5. The molecule has 6 heteroatoms. The normalized spacial score (nSPS) is 17.7. The first-order chi connectivity index (χ1) is 15.7. The van der Waals surface area contributed by atoms with Crippen molar-refractivity contribution in [2.75, 3.05) is 18.5 Å². The Kier molecular flexibility index (Phi) is 7.74. The van der Waals surface area contributed by atoms with Crippen LogP contribution in [0.4, 0.5) is 10.2 Å². The van der Waals surface area contributed by atoms with E-state index in [0.29, 0.717) is 6.04 Å². The Hall–Kier alpha value is -2.47. The van der Waals surface area contributed by atoms with Gasteiger partial charge in [0.15, 0.2) is 0 Å². The van der Waals surface area contributed by atoms with Gasteiger partial charge in [-0.05, 0) is 55.8 Å². The Balaban J connectivity index is 0.000000260. The lowest BCUT2D eigenvalue weighted by Crippen LogP contribution is -2.34.